The van der Waals surface area contributed by atoms with Crippen molar-refractivity contribution in [1.82, 2.24) is 9.80 Å². The second-order valence-electron chi connectivity index (χ2n) is 5.90. The highest BCUT2D eigenvalue weighted by Gasteiger charge is 2.29. The average molecular weight is 277 g/mol. The molecule has 1 aromatic rings. The van der Waals surface area contributed by atoms with Crippen LogP contribution in [-0.4, -0.2) is 55.7 Å². The van der Waals surface area contributed by atoms with Crippen LogP contribution in [0.15, 0.2) is 24.3 Å². The van der Waals surface area contributed by atoms with E-state index in [0.717, 1.165) is 25.4 Å². The molecule has 20 heavy (non-hydrogen) atoms. The smallest absolute Gasteiger partial charge is 0.118 e. The SMILES string of the molecule is COc1ccc(C(C(C)N)N2CCN(C)C(C)C2)cc1. The van der Waals surface area contributed by atoms with Crippen LogP contribution in [-0.2, 0) is 0 Å². The summed E-state index contributed by atoms with van der Waals surface area (Å²) in [6.45, 7) is 7.60. The molecule has 3 atom stereocenters. The fourth-order valence-electron chi connectivity index (χ4n) is 2.98. The lowest BCUT2D eigenvalue weighted by Crippen LogP contribution is -2.53. The molecule has 0 bridgehead atoms. The number of likely N-dealkylation sites (N-methyl/N-ethyl adjacent to an activating group) is 1. The number of hydrogen-bond donors (Lipinski definition) is 1. The number of nitrogens with zero attached hydrogens (tertiary/aromatic N) is 2. The Kier molecular flexibility index (Phi) is 5.02. The summed E-state index contributed by atoms with van der Waals surface area (Å²) in [4.78, 5) is 4.92. The molecule has 0 radical (unpaired) electrons. The van der Waals surface area contributed by atoms with Crippen LogP contribution in [0, 0.1) is 0 Å². The van der Waals surface area contributed by atoms with Crippen molar-refractivity contribution in [3.05, 3.63) is 29.8 Å². The maximum atomic E-state index is 6.26. The largest absolute Gasteiger partial charge is 0.497 e. The van der Waals surface area contributed by atoms with Crippen molar-refractivity contribution >= 4 is 0 Å². The van der Waals surface area contributed by atoms with Gasteiger partial charge in [0, 0.05) is 37.8 Å². The molecule has 0 spiro atoms. The Morgan fingerprint density at radius 2 is 1.90 bits per heavy atom. The summed E-state index contributed by atoms with van der Waals surface area (Å²) in [6.07, 6.45) is 0. The normalized spacial score (nSPS) is 24.4. The number of methoxy groups -OCH3 is 1. The van der Waals surface area contributed by atoms with Crippen molar-refractivity contribution in [2.45, 2.75) is 32.0 Å². The highest BCUT2D eigenvalue weighted by molar-refractivity contribution is 5.30. The second kappa shape index (κ2) is 6.57. The van der Waals surface area contributed by atoms with Crippen LogP contribution < -0.4 is 10.5 Å². The molecule has 1 heterocycles. The Morgan fingerprint density at radius 3 is 2.40 bits per heavy atom. The van der Waals surface area contributed by atoms with E-state index in [0.29, 0.717) is 6.04 Å². The van der Waals surface area contributed by atoms with Gasteiger partial charge >= 0.3 is 0 Å². The van der Waals surface area contributed by atoms with Gasteiger partial charge in [-0.2, -0.15) is 0 Å². The standard InChI is InChI=1S/C16H27N3O/c1-12-11-19(10-9-18(12)3)16(13(2)17)14-5-7-15(20-4)8-6-14/h5-8,12-13,16H,9-11,17H2,1-4H3. The first-order valence-corrected chi connectivity index (χ1v) is 7.36. The molecule has 0 amide bonds. The summed E-state index contributed by atoms with van der Waals surface area (Å²) in [5.41, 5.74) is 7.54. The number of benzene rings is 1. The molecule has 1 saturated heterocycles. The zero-order chi connectivity index (χ0) is 14.7. The zero-order valence-corrected chi connectivity index (χ0v) is 13.0. The number of hydrogen-bond acceptors (Lipinski definition) is 4. The molecule has 1 fully saturated rings. The summed E-state index contributed by atoms with van der Waals surface area (Å²) in [5, 5.41) is 0. The molecule has 4 heteroatoms. The molecule has 0 saturated carbocycles. The third kappa shape index (κ3) is 3.32. The number of ether oxygens (including phenoxy) is 1. The molecule has 2 N–H and O–H groups in total. The van der Waals surface area contributed by atoms with E-state index in [1.165, 1.54) is 5.56 Å². The van der Waals surface area contributed by atoms with Crippen LogP contribution in [0.2, 0.25) is 0 Å². The summed E-state index contributed by atoms with van der Waals surface area (Å²) >= 11 is 0. The van der Waals surface area contributed by atoms with Gasteiger partial charge in [0.05, 0.1) is 7.11 Å². The van der Waals surface area contributed by atoms with Gasteiger partial charge in [-0.05, 0) is 38.6 Å². The number of nitrogens with two attached hydrogens (primary N) is 1. The lowest BCUT2D eigenvalue weighted by molar-refractivity contribution is 0.0638. The van der Waals surface area contributed by atoms with Crippen LogP contribution in [0.4, 0.5) is 0 Å². The Balaban J connectivity index is 2.18. The first kappa shape index (κ1) is 15.3. The van der Waals surface area contributed by atoms with Crippen molar-refractivity contribution < 1.29 is 4.74 Å². The number of rotatable bonds is 4. The van der Waals surface area contributed by atoms with E-state index in [4.69, 9.17) is 10.5 Å². The van der Waals surface area contributed by atoms with E-state index in [-0.39, 0.29) is 12.1 Å². The van der Waals surface area contributed by atoms with Crippen LogP contribution in [0.3, 0.4) is 0 Å². The maximum absolute atomic E-state index is 6.26. The zero-order valence-electron chi connectivity index (χ0n) is 13.0. The minimum absolute atomic E-state index is 0.110. The van der Waals surface area contributed by atoms with Crippen molar-refractivity contribution in [3.8, 4) is 5.75 Å². The quantitative estimate of drug-likeness (QED) is 0.910. The molecule has 1 aromatic carbocycles. The summed E-state index contributed by atoms with van der Waals surface area (Å²) in [7, 11) is 3.89. The summed E-state index contributed by atoms with van der Waals surface area (Å²) < 4.78 is 5.23. The van der Waals surface area contributed by atoms with Gasteiger partial charge in [0.1, 0.15) is 5.75 Å². The predicted molar refractivity (Wildman–Crippen MR) is 83.0 cm³/mol. The fraction of sp³-hybridized carbons (Fsp3) is 0.625. The Hall–Kier alpha value is -1.10. The lowest BCUT2D eigenvalue weighted by Gasteiger charge is -2.43. The van der Waals surface area contributed by atoms with Gasteiger partial charge in [0.25, 0.3) is 0 Å². The van der Waals surface area contributed by atoms with E-state index in [1.807, 2.05) is 12.1 Å². The van der Waals surface area contributed by atoms with Crippen LogP contribution in [0.1, 0.15) is 25.5 Å². The van der Waals surface area contributed by atoms with Gasteiger partial charge in [0.15, 0.2) is 0 Å². The summed E-state index contributed by atoms with van der Waals surface area (Å²) in [5.74, 6) is 0.893. The molecule has 2 rings (SSSR count). The molecule has 4 nitrogen and oxygen atoms in total. The van der Waals surface area contributed by atoms with Crippen molar-refractivity contribution in [3.63, 3.8) is 0 Å². The molecule has 0 aromatic heterocycles. The highest BCUT2D eigenvalue weighted by atomic mass is 16.5. The van der Waals surface area contributed by atoms with E-state index in [2.05, 4.69) is 42.8 Å². The Labute approximate surface area is 122 Å². The van der Waals surface area contributed by atoms with Crippen LogP contribution >= 0.6 is 0 Å². The van der Waals surface area contributed by atoms with E-state index < -0.39 is 0 Å². The average Bonchev–Trinajstić information content (AvgIpc) is 2.43. The predicted octanol–water partition coefficient (Wildman–Crippen LogP) is 1.72. The maximum Gasteiger partial charge on any atom is 0.118 e. The van der Waals surface area contributed by atoms with Gasteiger partial charge in [-0.15, -0.1) is 0 Å². The van der Waals surface area contributed by atoms with Crippen molar-refractivity contribution in [2.24, 2.45) is 5.73 Å². The van der Waals surface area contributed by atoms with E-state index in [1.54, 1.807) is 7.11 Å². The third-order valence-electron chi connectivity index (χ3n) is 4.34. The molecule has 1 aliphatic rings. The van der Waals surface area contributed by atoms with Gasteiger partial charge in [-0.3, -0.25) is 4.90 Å². The Bertz CT molecular complexity index is 418. The molecule has 3 unspecified atom stereocenters. The molecule has 0 aliphatic carbocycles. The number of piperazine rings is 1. The second-order valence-corrected chi connectivity index (χ2v) is 5.90. The first-order chi connectivity index (χ1) is 9.52. The van der Waals surface area contributed by atoms with Crippen molar-refractivity contribution in [2.75, 3.05) is 33.8 Å². The van der Waals surface area contributed by atoms with Crippen LogP contribution in [0.25, 0.3) is 0 Å². The Morgan fingerprint density at radius 1 is 1.25 bits per heavy atom. The topological polar surface area (TPSA) is 41.7 Å². The molecular formula is C16H27N3O. The summed E-state index contributed by atoms with van der Waals surface area (Å²) in [6, 6.07) is 9.26. The van der Waals surface area contributed by atoms with E-state index >= 15 is 0 Å². The molecule has 1 aliphatic heterocycles. The lowest BCUT2D eigenvalue weighted by atomic mass is 9.97. The monoisotopic (exact) mass is 277 g/mol. The first-order valence-electron chi connectivity index (χ1n) is 7.36. The van der Waals surface area contributed by atoms with Crippen LogP contribution in [0.5, 0.6) is 5.75 Å². The highest BCUT2D eigenvalue weighted by Crippen LogP contribution is 2.27. The minimum Gasteiger partial charge on any atom is -0.497 e. The fourth-order valence-corrected chi connectivity index (χ4v) is 2.98. The minimum atomic E-state index is 0.110. The van der Waals surface area contributed by atoms with E-state index in [9.17, 15) is 0 Å². The third-order valence-corrected chi connectivity index (χ3v) is 4.34. The molecular weight excluding hydrogens is 250 g/mol. The van der Waals surface area contributed by atoms with Gasteiger partial charge in [-0.1, -0.05) is 12.1 Å². The van der Waals surface area contributed by atoms with Gasteiger partial charge < -0.3 is 15.4 Å². The van der Waals surface area contributed by atoms with Gasteiger partial charge in [-0.25, -0.2) is 0 Å². The molecule has 112 valence electrons. The van der Waals surface area contributed by atoms with Crippen molar-refractivity contribution in [1.29, 1.82) is 0 Å². The van der Waals surface area contributed by atoms with Gasteiger partial charge in [0.2, 0.25) is 0 Å².